The van der Waals surface area contributed by atoms with Crippen molar-refractivity contribution in [2.45, 2.75) is 0 Å². The standard InChI is InChI=1S/C21H17OP/c22-23(20-14-6-2-7-15-20,21-16-8-3-9-17-21)18-10-13-19-11-4-1-5-12-19/h1-9,11-18H. The van der Waals surface area contributed by atoms with Gasteiger partial charge in [-0.3, -0.25) is 0 Å². The predicted molar refractivity (Wildman–Crippen MR) is 98.7 cm³/mol. The third-order valence-corrected chi connectivity index (χ3v) is 6.23. The zero-order valence-corrected chi connectivity index (χ0v) is 13.6. The first-order valence-corrected chi connectivity index (χ1v) is 9.26. The van der Waals surface area contributed by atoms with E-state index < -0.39 is 7.14 Å². The monoisotopic (exact) mass is 316 g/mol. The van der Waals surface area contributed by atoms with Crippen LogP contribution in [0.25, 0.3) is 6.08 Å². The highest BCUT2D eigenvalue weighted by Gasteiger charge is 2.23. The summed E-state index contributed by atoms with van der Waals surface area (Å²) < 4.78 is 13.7. The van der Waals surface area contributed by atoms with Gasteiger partial charge in [0.15, 0.2) is 7.14 Å². The Morgan fingerprint density at radius 2 is 1.09 bits per heavy atom. The molecule has 0 atom stereocenters. The fraction of sp³-hybridized carbons (Fsp3) is 0. The van der Waals surface area contributed by atoms with Gasteiger partial charge in [0, 0.05) is 16.4 Å². The highest BCUT2D eigenvalue weighted by atomic mass is 31.2. The Morgan fingerprint density at radius 1 is 0.652 bits per heavy atom. The Morgan fingerprint density at radius 3 is 1.57 bits per heavy atom. The first kappa shape index (κ1) is 15.3. The van der Waals surface area contributed by atoms with Crippen molar-refractivity contribution in [1.82, 2.24) is 0 Å². The number of hydrogen-bond donors (Lipinski definition) is 0. The summed E-state index contributed by atoms with van der Waals surface area (Å²) in [5.41, 5.74) is 4.16. The molecule has 3 rings (SSSR count). The van der Waals surface area contributed by atoms with E-state index in [9.17, 15) is 4.57 Å². The van der Waals surface area contributed by atoms with Crippen molar-refractivity contribution in [2.75, 3.05) is 0 Å². The van der Waals surface area contributed by atoms with E-state index in [0.29, 0.717) is 0 Å². The molecule has 0 aliphatic carbocycles. The summed E-state index contributed by atoms with van der Waals surface area (Å²) in [6.07, 6.45) is 1.86. The maximum Gasteiger partial charge on any atom is 0.171 e. The van der Waals surface area contributed by atoms with E-state index >= 15 is 0 Å². The van der Waals surface area contributed by atoms with E-state index in [1.807, 2.05) is 97.1 Å². The van der Waals surface area contributed by atoms with Gasteiger partial charge in [-0.2, -0.15) is 0 Å². The third kappa shape index (κ3) is 3.60. The summed E-state index contributed by atoms with van der Waals surface area (Å²) in [7, 11) is -2.83. The van der Waals surface area contributed by atoms with Crippen LogP contribution < -0.4 is 10.6 Å². The molecule has 0 fully saturated rings. The average Bonchev–Trinajstić information content (AvgIpc) is 2.64. The van der Waals surface area contributed by atoms with Gasteiger partial charge in [-0.05, 0) is 11.6 Å². The van der Waals surface area contributed by atoms with E-state index in [0.717, 1.165) is 16.2 Å². The molecule has 0 saturated carbocycles. The van der Waals surface area contributed by atoms with E-state index in [4.69, 9.17) is 0 Å². The summed E-state index contributed by atoms with van der Waals surface area (Å²) >= 11 is 0. The van der Waals surface area contributed by atoms with Crippen molar-refractivity contribution in [1.29, 1.82) is 0 Å². The van der Waals surface area contributed by atoms with Crippen molar-refractivity contribution >= 4 is 23.8 Å². The molecular weight excluding hydrogens is 299 g/mol. The molecule has 0 amide bonds. The van der Waals surface area contributed by atoms with Crippen LogP contribution in [0.3, 0.4) is 0 Å². The van der Waals surface area contributed by atoms with Gasteiger partial charge in [0.1, 0.15) is 0 Å². The first-order chi connectivity index (χ1) is 11.3. The predicted octanol–water partition coefficient (Wildman–Crippen LogP) is 4.83. The summed E-state index contributed by atoms with van der Waals surface area (Å²) in [5, 5.41) is 1.64. The Kier molecular flexibility index (Phi) is 4.74. The van der Waals surface area contributed by atoms with Crippen molar-refractivity contribution in [3.8, 4) is 0 Å². The summed E-state index contributed by atoms with van der Waals surface area (Å²) in [6.45, 7) is 0. The molecule has 0 spiro atoms. The summed E-state index contributed by atoms with van der Waals surface area (Å²) in [5.74, 6) is 1.71. The fourth-order valence-electron chi connectivity index (χ4n) is 2.38. The summed E-state index contributed by atoms with van der Waals surface area (Å²) in [4.78, 5) is 0. The molecule has 112 valence electrons. The number of rotatable bonds is 4. The van der Waals surface area contributed by atoms with E-state index in [-0.39, 0.29) is 0 Å². The Labute approximate surface area is 137 Å². The van der Waals surface area contributed by atoms with Crippen LogP contribution in [-0.2, 0) is 4.57 Å². The fourth-order valence-corrected chi connectivity index (χ4v) is 4.50. The molecule has 0 radical (unpaired) electrons. The minimum atomic E-state index is -2.83. The van der Waals surface area contributed by atoms with Gasteiger partial charge in [-0.15, -0.1) is 5.73 Å². The average molecular weight is 316 g/mol. The third-order valence-electron chi connectivity index (χ3n) is 3.59. The highest BCUT2D eigenvalue weighted by molar-refractivity contribution is 7.81. The molecule has 0 unspecified atom stereocenters. The topological polar surface area (TPSA) is 17.1 Å². The number of benzene rings is 3. The molecule has 3 aromatic carbocycles. The van der Waals surface area contributed by atoms with E-state index in [2.05, 4.69) is 5.73 Å². The van der Waals surface area contributed by atoms with Gasteiger partial charge in [-0.1, -0.05) is 91.0 Å². The van der Waals surface area contributed by atoms with Gasteiger partial charge in [0.25, 0.3) is 0 Å². The lowest BCUT2D eigenvalue weighted by Gasteiger charge is -2.14. The highest BCUT2D eigenvalue weighted by Crippen LogP contribution is 2.44. The van der Waals surface area contributed by atoms with Gasteiger partial charge in [-0.25, -0.2) is 0 Å². The van der Waals surface area contributed by atoms with Gasteiger partial charge >= 0.3 is 0 Å². The second-order valence-electron chi connectivity index (χ2n) is 5.18. The second-order valence-corrected chi connectivity index (χ2v) is 7.79. The zero-order chi connectivity index (χ0) is 16.0. The molecule has 0 N–H and O–H groups in total. The van der Waals surface area contributed by atoms with Crippen LogP contribution >= 0.6 is 7.14 Å². The maximum absolute atomic E-state index is 13.7. The van der Waals surface area contributed by atoms with Crippen LogP contribution in [0.2, 0.25) is 0 Å². The van der Waals surface area contributed by atoms with Crippen molar-refractivity contribution in [2.24, 2.45) is 0 Å². The quantitative estimate of drug-likeness (QED) is 0.498. The number of hydrogen-bond acceptors (Lipinski definition) is 1. The normalized spacial score (nSPS) is 10.6. The van der Waals surface area contributed by atoms with Crippen LogP contribution in [0, 0.1) is 0 Å². The minimum absolute atomic E-state index is 0.820. The van der Waals surface area contributed by atoms with Crippen LogP contribution in [0.4, 0.5) is 0 Å². The van der Waals surface area contributed by atoms with Crippen LogP contribution in [0.1, 0.15) is 5.56 Å². The molecule has 0 aliphatic rings. The first-order valence-electron chi connectivity index (χ1n) is 7.49. The van der Waals surface area contributed by atoms with Crippen LogP contribution in [0.5, 0.6) is 0 Å². The molecule has 1 nitrogen and oxygen atoms in total. The van der Waals surface area contributed by atoms with Gasteiger partial charge in [0.05, 0.1) is 0 Å². The second kappa shape index (κ2) is 7.11. The van der Waals surface area contributed by atoms with Crippen molar-refractivity contribution in [3.05, 3.63) is 108 Å². The Hall–Kier alpha value is -2.59. The molecule has 0 heterocycles. The van der Waals surface area contributed by atoms with Gasteiger partial charge in [0.2, 0.25) is 0 Å². The largest absolute Gasteiger partial charge is 0.309 e. The molecule has 23 heavy (non-hydrogen) atoms. The molecular formula is C21H17OP. The van der Waals surface area contributed by atoms with Crippen molar-refractivity contribution < 1.29 is 4.57 Å². The van der Waals surface area contributed by atoms with Crippen molar-refractivity contribution in [3.63, 3.8) is 0 Å². The zero-order valence-electron chi connectivity index (χ0n) is 12.7. The minimum Gasteiger partial charge on any atom is -0.309 e. The molecule has 0 aromatic heterocycles. The molecule has 0 bridgehead atoms. The molecule has 2 heteroatoms. The smallest absolute Gasteiger partial charge is 0.171 e. The lowest BCUT2D eigenvalue weighted by molar-refractivity contribution is 0.592. The van der Waals surface area contributed by atoms with E-state index in [1.165, 1.54) is 0 Å². The van der Waals surface area contributed by atoms with Crippen LogP contribution in [0.15, 0.2) is 103 Å². The lowest BCUT2D eigenvalue weighted by Crippen LogP contribution is -2.13. The molecule has 0 saturated heterocycles. The SMILES string of the molecule is O=P(C=C=Cc1ccccc1)(c1ccccc1)c1ccccc1. The molecule has 0 aliphatic heterocycles. The van der Waals surface area contributed by atoms with E-state index in [1.54, 1.807) is 5.82 Å². The Balaban J connectivity index is 2.07. The summed E-state index contributed by atoms with van der Waals surface area (Å²) in [6, 6.07) is 29.1. The lowest BCUT2D eigenvalue weighted by atomic mass is 10.2. The molecule has 3 aromatic rings. The van der Waals surface area contributed by atoms with Crippen LogP contribution in [-0.4, -0.2) is 0 Å². The van der Waals surface area contributed by atoms with Gasteiger partial charge < -0.3 is 4.57 Å². The Bertz CT molecular complexity index is 818. The maximum atomic E-state index is 13.7.